The van der Waals surface area contributed by atoms with E-state index in [1.165, 1.54) is 0 Å². The first-order valence-electron chi connectivity index (χ1n) is 6.84. The molecule has 1 aliphatic rings. The molecule has 1 fully saturated rings. The number of nitrogens with one attached hydrogen (secondary N) is 1. The summed E-state index contributed by atoms with van der Waals surface area (Å²) in [5.41, 5.74) is 1.00. The van der Waals surface area contributed by atoms with Gasteiger partial charge in [-0.3, -0.25) is 9.59 Å². The van der Waals surface area contributed by atoms with Crippen LogP contribution in [0.3, 0.4) is 0 Å². The van der Waals surface area contributed by atoms with Gasteiger partial charge in [0.1, 0.15) is 0 Å². The maximum Gasteiger partial charge on any atom is 0.225 e. The molecule has 20 heavy (non-hydrogen) atoms. The van der Waals surface area contributed by atoms with Crippen LogP contribution >= 0.6 is 0 Å². The molecule has 1 aromatic carbocycles. The first kappa shape index (κ1) is 14.3. The second-order valence-electron chi connectivity index (χ2n) is 5.04. The Kier molecular flexibility index (Phi) is 4.56. The zero-order valence-corrected chi connectivity index (χ0v) is 11.7. The van der Waals surface area contributed by atoms with Crippen LogP contribution in [0.1, 0.15) is 24.4 Å². The van der Waals surface area contributed by atoms with Crippen LogP contribution in [0.4, 0.5) is 0 Å². The first-order valence-corrected chi connectivity index (χ1v) is 6.84. The topological polar surface area (TPSA) is 49.4 Å². The minimum absolute atomic E-state index is 0.0156. The molecule has 106 valence electrons. The molecule has 0 aliphatic carbocycles. The van der Waals surface area contributed by atoms with Crippen molar-refractivity contribution in [2.24, 2.45) is 5.92 Å². The van der Waals surface area contributed by atoms with Gasteiger partial charge in [0, 0.05) is 20.0 Å². The fourth-order valence-electron chi connectivity index (χ4n) is 2.72. The fraction of sp³-hybridized carbons (Fsp3) is 0.375. The van der Waals surface area contributed by atoms with Gasteiger partial charge in [-0.1, -0.05) is 36.4 Å². The zero-order valence-electron chi connectivity index (χ0n) is 11.7. The standard InChI is InChI=1S/C16H20N2O2/c1-3-11-17-16(20)13-9-10-14(19)18(2)15(13)12-7-5-4-6-8-12/h3-8,13,15H,1,9-11H2,2H3,(H,17,20)/t13-,15+/m1/s1. The molecule has 2 rings (SSSR count). The molecule has 2 amide bonds. The highest BCUT2D eigenvalue weighted by atomic mass is 16.2. The number of likely N-dealkylation sites (tertiary alicyclic amines) is 1. The van der Waals surface area contributed by atoms with Gasteiger partial charge in [-0.25, -0.2) is 0 Å². The predicted octanol–water partition coefficient (Wildman–Crippen LogP) is 1.90. The van der Waals surface area contributed by atoms with E-state index in [4.69, 9.17) is 0 Å². The maximum absolute atomic E-state index is 12.3. The Labute approximate surface area is 119 Å². The molecule has 2 atom stereocenters. The number of rotatable bonds is 4. The molecule has 4 nitrogen and oxygen atoms in total. The van der Waals surface area contributed by atoms with Crippen LogP contribution in [0.25, 0.3) is 0 Å². The summed E-state index contributed by atoms with van der Waals surface area (Å²) < 4.78 is 0. The molecule has 1 aliphatic heterocycles. The Bertz CT molecular complexity index is 498. The Balaban J connectivity index is 2.26. The van der Waals surface area contributed by atoms with Crippen molar-refractivity contribution in [3.05, 3.63) is 48.6 Å². The van der Waals surface area contributed by atoms with Crippen molar-refractivity contribution in [2.45, 2.75) is 18.9 Å². The molecule has 1 aromatic rings. The number of nitrogens with zero attached hydrogens (tertiary/aromatic N) is 1. The minimum Gasteiger partial charge on any atom is -0.352 e. The predicted molar refractivity (Wildman–Crippen MR) is 77.9 cm³/mol. The average Bonchev–Trinajstić information content (AvgIpc) is 2.48. The van der Waals surface area contributed by atoms with Gasteiger partial charge in [-0.2, -0.15) is 0 Å². The molecule has 0 unspecified atom stereocenters. The zero-order chi connectivity index (χ0) is 14.5. The number of hydrogen-bond acceptors (Lipinski definition) is 2. The molecular weight excluding hydrogens is 252 g/mol. The van der Waals surface area contributed by atoms with Gasteiger partial charge in [0.25, 0.3) is 0 Å². The largest absolute Gasteiger partial charge is 0.352 e. The Morgan fingerprint density at radius 1 is 1.45 bits per heavy atom. The molecule has 0 bridgehead atoms. The van der Waals surface area contributed by atoms with Gasteiger partial charge in [0.15, 0.2) is 0 Å². The lowest BCUT2D eigenvalue weighted by molar-refractivity contribution is -0.141. The second-order valence-corrected chi connectivity index (χ2v) is 5.04. The monoisotopic (exact) mass is 272 g/mol. The smallest absolute Gasteiger partial charge is 0.225 e. The highest BCUT2D eigenvalue weighted by Gasteiger charge is 2.38. The van der Waals surface area contributed by atoms with Crippen molar-refractivity contribution >= 4 is 11.8 Å². The fourth-order valence-corrected chi connectivity index (χ4v) is 2.72. The van der Waals surface area contributed by atoms with Crippen molar-refractivity contribution in [3.63, 3.8) is 0 Å². The Hall–Kier alpha value is -2.10. The van der Waals surface area contributed by atoms with E-state index < -0.39 is 0 Å². The van der Waals surface area contributed by atoms with Gasteiger partial charge < -0.3 is 10.2 Å². The SMILES string of the molecule is C=CCNC(=O)[C@@H]1CCC(=O)N(C)[C@H]1c1ccccc1. The van der Waals surface area contributed by atoms with Crippen molar-refractivity contribution in [1.82, 2.24) is 10.2 Å². The van der Waals surface area contributed by atoms with E-state index in [0.29, 0.717) is 19.4 Å². The maximum atomic E-state index is 12.3. The van der Waals surface area contributed by atoms with E-state index in [0.717, 1.165) is 5.56 Å². The normalized spacial score (nSPS) is 22.4. The highest BCUT2D eigenvalue weighted by Crippen LogP contribution is 2.35. The van der Waals surface area contributed by atoms with Crippen LogP contribution in [-0.2, 0) is 9.59 Å². The lowest BCUT2D eigenvalue weighted by Crippen LogP contribution is -2.46. The summed E-state index contributed by atoms with van der Waals surface area (Å²) in [5, 5.41) is 2.84. The van der Waals surface area contributed by atoms with Gasteiger partial charge in [-0.05, 0) is 12.0 Å². The molecule has 1 N–H and O–H groups in total. The minimum atomic E-state index is -0.208. The summed E-state index contributed by atoms with van der Waals surface area (Å²) in [6.45, 7) is 4.06. The van der Waals surface area contributed by atoms with E-state index in [1.807, 2.05) is 30.3 Å². The molecular formula is C16H20N2O2. The Morgan fingerprint density at radius 2 is 2.15 bits per heavy atom. The van der Waals surface area contributed by atoms with Crippen molar-refractivity contribution in [2.75, 3.05) is 13.6 Å². The summed E-state index contributed by atoms with van der Waals surface area (Å²) in [6, 6.07) is 9.53. The molecule has 1 saturated heterocycles. The van der Waals surface area contributed by atoms with Gasteiger partial charge >= 0.3 is 0 Å². The number of amides is 2. The van der Waals surface area contributed by atoms with Crippen LogP contribution in [-0.4, -0.2) is 30.3 Å². The van der Waals surface area contributed by atoms with Gasteiger partial charge in [-0.15, -0.1) is 6.58 Å². The lowest BCUT2D eigenvalue weighted by Gasteiger charge is -2.38. The van der Waals surface area contributed by atoms with Crippen LogP contribution in [0.15, 0.2) is 43.0 Å². The summed E-state index contributed by atoms with van der Waals surface area (Å²) in [6.07, 6.45) is 2.67. The molecule has 0 saturated carbocycles. The third kappa shape index (κ3) is 2.90. The van der Waals surface area contributed by atoms with Gasteiger partial charge in [0.05, 0.1) is 12.0 Å². The van der Waals surface area contributed by atoms with Crippen molar-refractivity contribution in [1.29, 1.82) is 0 Å². The van der Waals surface area contributed by atoms with Crippen LogP contribution in [0.2, 0.25) is 0 Å². The average molecular weight is 272 g/mol. The summed E-state index contributed by atoms with van der Waals surface area (Å²) in [7, 11) is 1.77. The van der Waals surface area contributed by atoms with Gasteiger partial charge in [0.2, 0.25) is 11.8 Å². The first-order chi connectivity index (χ1) is 9.65. The van der Waals surface area contributed by atoms with Crippen molar-refractivity contribution in [3.8, 4) is 0 Å². The summed E-state index contributed by atoms with van der Waals surface area (Å²) in [5.74, 6) is -0.134. The number of piperidine rings is 1. The van der Waals surface area contributed by atoms with E-state index in [-0.39, 0.29) is 23.8 Å². The van der Waals surface area contributed by atoms with Crippen LogP contribution in [0.5, 0.6) is 0 Å². The summed E-state index contributed by atoms with van der Waals surface area (Å²) in [4.78, 5) is 25.9. The Morgan fingerprint density at radius 3 is 2.80 bits per heavy atom. The number of carbonyl (C=O) groups is 2. The quantitative estimate of drug-likeness (QED) is 0.851. The number of hydrogen-bond donors (Lipinski definition) is 1. The van der Waals surface area contributed by atoms with E-state index in [2.05, 4.69) is 11.9 Å². The number of carbonyl (C=O) groups excluding carboxylic acids is 2. The number of benzene rings is 1. The van der Waals surface area contributed by atoms with E-state index in [9.17, 15) is 9.59 Å². The molecule has 0 spiro atoms. The third-order valence-corrected chi connectivity index (χ3v) is 3.76. The van der Waals surface area contributed by atoms with Crippen LogP contribution in [0, 0.1) is 5.92 Å². The van der Waals surface area contributed by atoms with E-state index in [1.54, 1.807) is 18.0 Å². The molecule has 4 heteroatoms. The van der Waals surface area contributed by atoms with Crippen molar-refractivity contribution < 1.29 is 9.59 Å². The molecule has 1 heterocycles. The lowest BCUT2D eigenvalue weighted by atomic mass is 9.84. The third-order valence-electron chi connectivity index (χ3n) is 3.76. The second kappa shape index (κ2) is 6.37. The summed E-state index contributed by atoms with van der Waals surface area (Å²) >= 11 is 0. The highest BCUT2D eigenvalue weighted by molar-refractivity contribution is 5.84. The molecule has 0 aromatic heterocycles. The van der Waals surface area contributed by atoms with E-state index >= 15 is 0 Å². The molecule has 0 radical (unpaired) electrons. The van der Waals surface area contributed by atoms with Crippen LogP contribution < -0.4 is 5.32 Å².